The van der Waals surface area contributed by atoms with E-state index in [1.54, 1.807) is 0 Å². The summed E-state index contributed by atoms with van der Waals surface area (Å²) in [6, 6.07) is 0. The molecule has 0 bridgehead atoms. The Labute approximate surface area is 638 Å². The maximum Gasteiger partial charge on any atom is 0.472 e. The summed E-state index contributed by atoms with van der Waals surface area (Å²) in [6.45, 7) is 14.4. The Morgan fingerprint density at radius 2 is 0.462 bits per heavy atom. The van der Waals surface area contributed by atoms with Crippen molar-refractivity contribution in [2.75, 3.05) is 39.6 Å². The third kappa shape index (κ3) is 74.2. The SMILES string of the molecule is CCC(C)CCCCCCCCCCCCCCCCC(=O)OC[C@H](COP(=O)(O)OC[C@@H](O)COP(=O)(O)OC[C@@H](COC(=O)CCCCCCCCC(C)CC)OC(=O)CCCCCCCCCCCCCCCCCC(C)C)OC(=O)CCCCCCCCCCCCCCCCC(C)CC. The lowest BCUT2D eigenvalue weighted by atomic mass is 9.99. The zero-order chi connectivity index (χ0) is 76.7. The van der Waals surface area contributed by atoms with Crippen molar-refractivity contribution in [1.29, 1.82) is 0 Å². The summed E-state index contributed by atoms with van der Waals surface area (Å²) in [5.74, 6) is 1.12. The maximum absolute atomic E-state index is 13.1. The predicted molar refractivity (Wildman–Crippen MR) is 428 cm³/mol. The Hall–Kier alpha value is -1.94. The van der Waals surface area contributed by atoms with E-state index >= 15 is 0 Å². The van der Waals surface area contributed by atoms with E-state index in [0.717, 1.165) is 120 Å². The van der Waals surface area contributed by atoms with Gasteiger partial charge in [0.25, 0.3) is 0 Å². The largest absolute Gasteiger partial charge is 0.472 e. The van der Waals surface area contributed by atoms with Crippen molar-refractivity contribution in [2.24, 2.45) is 23.7 Å². The number of ether oxygens (including phenoxy) is 4. The number of hydrogen-bond donors (Lipinski definition) is 3. The molecule has 3 N–H and O–H groups in total. The van der Waals surface area contributed by atoms with Gasteiger partial charge in [-0.2, -0.15) is 0 Å². The van der Waals surface area contributed by atoms with E-state index in [1.165, 1.54) is 238 Å². The van der Waals surface area contributed by atoms with Gasteiger partial charge in [0.05, 0.1) is 26.4 Å². The fourth-order valence-corrected chi connectivity index (χ4v) is 14.6. The molecule has 0 aliphatic heterocycles. The molecule has 8 atom stereocenters. The molecular weight excluding hydrogens is 1350 g/mol. The van der Waals surface area contributed by atoms with Gasteiger partial charge in [-0.15, -0.1) is 0 Å². The molecule has 5 unspecified atom stereocenters. The van der Waals surface area contributed by atoms with Gasteiger partial charge in [0.1, 0.15) is 19.3 Å². The standard InChI is InChI=1S/C85H166O17P2/c1-9-76(6)62-54-46-38-32-26-20-15-17-22-28-34-40-49-57-65-82(87)95-71-80(101-84(89)67-60-52-42-36-30-24-18-16-21-27-33-39-47-55-63-77(7)10-2)73-99-103(91,92)97-69-79(86)70-98-104(93,94)100-74-81(72-96-83(88)66-58-50-44-43-48-56-64-78(8)11-3)102-85(90)68-59-51-41-35-29-23-14-12-13-19-25-31-37-45-53-61-75(4)5/h75-81,86H,9-74H2,1-8H3,(H,91,92)(H,93,94)/t76?,77?,78?,79-,80-,81-/m1/s1. The number of aliphatic hydroxyl groups is 1. The van der Waals surface area contributed by atoms with Crippen LogP contribution in [0.15, 0.2) is 0 Å². The number of hydrogen-bond acceptors (Lipinski definition) is 15. The molecule has 0 aliphatic rings. The molecule has 0 aliphatic carbocycles. The van der Waals surface area contributed by atoms with Crippen LogP contribution < -0.4 is 0 Å². The van der Waals surface area contributed by atoms with Crippen LogP contribution in [0, 0.1) is 23.7 Å². The van der Waals surface area contributed by atoms with E-state index < -0.39 is 97.5 Å². The maximum atomic E-state index is 13.1. The normalized spacial score (nSPS) is 14.7. The molecule has 0 amide bonds. The van der Waals surface area contributed by atoms with Gasteiger partial charge in [-0.1, -0.05) is 389 Å². The van der Waals surface area contributed by atoms with Gasteiger partial charge >= 0.3 is 39.5 Å². The number of rotatable bonds is 82. The molecule has 17 nitrogen and oxygen atoms in total. The average molecular weight is 1520 g/mol. The highest BCUT2D eigenvalue weighted by Gasteiger charge is 2.31. The number of phosphoric acid groups is 2. The van der Waals surface area contributed by atoms with Crippen LogP contribution in [0.2, 0.25) is 0 Å². The van der Waals surface area contributed by atoms with Gasteiger partial charge in [-0.3, -0.25) is 37.3 Å². The molecule has 0 aromatic rings. The first kappa shape index (κ1) is 102. The molecule has 0 spiro atoms. The number of aliphatic hydroxyl groups excluding tert-OH is 1. The Balaban J connectivity index is 5.25. The highest BCUT2D eigenvalue weighted by molar-refractivity contribution is 7.47. The Morgan fingerprint density at radius 3 is 0.683 bits per heavy atom. The summed E-state index contributed by atoms with van der Waals surface area (Å²) >= 11 is 0. The lowest BCUT2D eigenvalue weighted by molar-refractivity contribution is -0.161. The minimum atomic E-state index is -4.97. The predicted octanol–water partition coefficient (Wildman–Crippen LogP) is 25.6. The third-order valence-electron chi connectivity index (χ3n) is 20.9. The monoisotopic (exact) mass is 1520 g/mol. The van der Waals surface area contributed by atoms with Crippen LogP contribution in [0.1, 0.15) is 441 Å². The van der Waals surface area contributed by atoms with Crippen molar-refractivity contribution in [3.05, 3.63) is 0 Å². The van der Waals surface area contributed by atoms with Crippen LogP contribution in [0.4, 0.5) is 0 Å². The first-order chi connectivity index (χ1) is 50.2. The Kier molecular flexibility index (Phi) is 72.5. The fourth-order valence-electron chi connectivity index (χ4n) is 13.0. The smallest absolute Gasteiger partial charge is 0.462 e. The van der Waals surface area contributed by atoms with Crippen molar-refractivity contribution in [3.8, 4) is 0 Å². The molecule has 618 valence electrons. The highest BCUT2D eigenvalue weighted by atomic mass is 31.2. The lowest BCUT2D eigenvalue weighted by Crippen LogP contribution is -2.30. The Morgan fingerprint density at radius 1 is 0.269 bits per heavy atom. The summed E-state index contributed by atoms with van der Waals surface area (Å²) in [6.07, 6.45) is 62.3. The second-order valence-electron chi connectivity index (χ2n) is 31.8. The number of phosphoric ester groups is 2. The van der Waals surface area contributed by atoms with Gasteiger partial charge in [0, 0.05) is 25.7 Å². The van der Waals surface area contributed by atoms with Crippen molar-refractivity contribution in [2.45, 2.75) is 459 Å². The van der Waals surface area contributed by atoms with Gasteiger partial charge in [0.15, 0.2) is 12.2 Å². The van der Waals surface area contributed by atoms with Crippen molar-refractivity contribution < 1.29 is 80.2 Å². The van der Waals surface area contributed by atoms with Crippen LogP contribution in [-0.4, -0.2) is 96.7 Å². The van der Waals surface area contributed by atoms with Crippen molar-refractivity contribution in [3.63, 3.8) is 0 Å². The zero-order valence-corrected chi connectivity index (χ0v) is 70.5. The quantitative estimate of drug-likeness (QED) is 0.0222. The second kappa shape index (κ2) is 73.8. The van der Waals surface area contributed by atoms with E-state index in [-0.39, 0.29) is 25.7 Å². The number of carbonyl (C=O) groups excluding carboxylic acids is 4. The average Bonchev–Trinajstić information content (AvgIpc) is 0.905. The summed E-state index contributed by atoms with van der Waals surface area (Å²) in [4.78, 5) is 73.2. The second-order valence-corrected chi connectivity index (χ2v) is 34.7. The summed E-state index contributed by atoms with van der Waals surface area (Å²) in [5.41, 5.74) is 0. The van der Waals surface area contributed by atoms with Crippen LogP contribution in [0.3, 0.4) is 0 Å². The minimum Gasteiger partial charge on any atom is -0.462 e. The number of carbonyl (C=O) groups is 4. The van der Waals surface area contributed by atoms with E-state index in [4.69, 9.17) is 37.0 Å². The molecule has 0 heterocycles. The molecule has 104 heavy (non-hydrogen) atoms. The minimum absolute atomic E-state index is 0.107. The molecule has 0 saturated heterocycles. The first-order valence-electron chi connectivity index (χ1n) is 43.8. The van der Waals surface area contributed by atoms with E-state index in [0.29, 0.717) is 25.7 Å². The van der Waals surface area contributed by atoms with Gasteiger partial charge in [-0.05, 0) is 49.4 Å². The van der Waals surface area contributed by atoms with Gasteiger partial charge in [0.2, 0.25) is 0 Å². The molecular formula is C85H166O17P2. The molecule has 19 heteroatoms. The Bertz CT molecular complexity index is 2030. The van der Waals surface area contributed by atoms with Crippen LogP contribution in [-0.2, 0) is 65.4 Å². The highest BCUT2D eigenvalue weighted by Crippen LogP contribution is 2.45. The first-order valence-corrected chi connectivity index (χ1v) is 46.8. The van der Waals surface area contributed by atoms with Gasteiger partial charge in [-0.25, -0.2) is 9.13 Å². The topological polar surface area (TPSA) is 237 Å². The number of esters is 4. The van der Waals surface area contributed by atoms with E-state index in [2.05, 4.69) is 55.4 Å². The molecule has 0 aromatic carbocycles. The molecule has 0 saturated carbocycles. The zero-order valence-electron chi connectivity index (χ0n) is 68.7. The van der Waals surface area contributed by atoms with Crippen LogP contribution >= 0.6 is 15.6 Å². The molecule has 0 aromatic heterocycles. The van der Waals surface area contributed by atoms with Crippen LogP contribution in [0.5, 0.6) is 0 Å². The molecule has 0 fully saturated rings. The third-order valence-corrected chi connectivity index (χ3v) is 22.8. The molecule has 0 rings (SSSR count). The van der Waals surface area contributed by atoms with Crippen LogP contribution in [0.25, 0.3) is 0 Å². The van der Waals surface area contributed by atoms with E-state index in [9.17, 15) is 43.2 Å². The van der Waals surface area contributed by atoms with Crippen molar-refractivity contribution in [1.82, 2.24) is 0 Å². The van der Waals surface area contributed by atoms with Gasteiger partial charge < -0.3 is 33.8 Å². The van der Waals surface area contributed by atoms with Crippen molar-refractivity contribution >= 4 is 39.5 Å². The summed E-state index contributed by atoms with van der Waals surface area (Å²) in [5, 5.41) is 10.7. The lowest BCUT2D eigenvalue weighted by Gasteiger charge is -2.21. The molecule has 0 radical (unpaired) electrons. The summed E-state index contributed by atoms with van der Waals surface area (Å²) in [7, 11) is -9.93. The number of unbranched alkanes of at least 4 members (excludes halogenated alkanes) is 45. The summed E-state index contributed by atoms with van der Waals surface area (Å²) < 4.78 is 68.9. The van der Waals surface area contributed by atoms with E-state index in [1.807, 2.05) is 0 Å². The fraction of sp³-hybridized carbons (Fsp3) is 0.953.